The molecule has 1 nitrogen and oxygen atoms in total. The Hall–Kier alpha value is -1.42. The molecule has 0 atom stereocenters. The summed E-state index contributed by atoms with van der Waals surface area (Å²) in [7, 11) is 0. The molecule has 2 aromatic rings. The van der Waals surface area contributed by atoms with Crippen LogP contribution in [-0.4, -0.2) is 5.11 Å². The summed E-state index contributed by atoms with van der Waals surface area (Å²) in [5.74, 6) is -1.19. The molecule has 2 aromatic carbocycles. The molecule has 0 heterocycles. The predicted octanol–water partition coefficient (Wildman–Crippen LogP) is 4.41. The van der Waals surface area contributed by atoms with Gasteiger partial charge in [-0.2, -0.15) is 0 Å². The molecule has 0 unspecified atom stereocenters. The zero-order chi connectivity index (χ0) is 12.6. The maximum atomic E-state index is 13.9. The first-order chi connectivity index (χ1) is 8.00. The van der Waals surface area contributed by atoms with Crippen LogP contribution in [-0.2, 0) is 0 Å². The van der Waals surface area contributed by atoms with Gasteiger partial charge in [0.25, 0.3) is 0 Å². The first-order valence-corrected chi connectivity index (χ1v) is 5.73. The highest BCUT2D eigenvalue weighted by atomic mass is 79.9. The van der Waals surface area contributed by atoms with Gasteiger partial charge in [-0.3, -0.25) is 0 Å². The lowest BCUT2D eigenvalue weighted by molar-refractivity contribution is 0.475. The van der Waals surface area contributed by atoms with Crippen molar-refractivity contribution in [2.75, 3.05) is 0 Å². The molecule has 17 heavy (non-hydrogen) atoms. The Morgan fingerprint density at radius 2 is 1.82 bits per heavy atom. The van der Waals surface area contributed by atoms with Gasteiger partial charge in [-0.1, -0.05) is 6.07 Å². The lowest BCUT2D eigenvalue weighted by Crippen LogP contribution is -1.93. The molecular weight excluding hydrogens is 290 g/mol. The van der Waals surface area contributed by atoms with Crippen LogP contribution in [0.3, 0.4) is 0 Å². The van der Waals surface area contributed by atoms with E-state index in [-0.39, 0.29) is 15.8 Å². The van der Waals surface area contributed by atoms with Crippen molar-refractivity contribution in [2.24, 2.45) is 0 Å². The molecule has 2 rings (SSSR count). The summed E-state index contributed by atoms with van der Waals surface area (Å²) < 4.78 is 27.8. The molecule has 0 saturated carbocycles. The molecule has 0 aliphatic carbocycles. The van der Waals surface area contributed by atoms with Gasteiger partial charge in [0.05, 0.1) is 10.0 Å². The van der Waals surface area contributed by atoms with Gasteiger partial charge in [-0.05, 0) is 58.2 Å². The SMILES string of the molecule is Cc1cc(O)ccc1-c1c(F)ccc(Br)c1F. The average molecular weight is 299 g/mol. The van der Waals surface area contributed by atoms with E-state index < -0.39 is 11.6 Å². The molecule has 0 aliphatic rings. The van der Waals surface area contributed by atoms with Crippen molar-refractivity contribution in [3.63, 3.8) is 0 Å². The van der Waals surface area contributed by atoms with Gasteiger partial charge in [0, 0.05) is 0 Å². The van der Waals surface area contributed by atoms with E-state index in [1.165, 1.54) is 30.3 Å². The first-order valence-electron chi connectivity index (χ1n) is 4.94. The van der Waals surface area contributed by atoms with E-state index in [1.54, 1.807) is 6.92 Å². The lowest BCUT2D eigenvalue weighted by Gasteiger charge is -2.10. The van der Waals surface area contributed by atoms with Gasteiger partial charge >= 0.3 is 0 Å². The van der Waals surface area contributed by atoms with Crippen LogP contribution in [0.25, 0.3) is 11.1 Å². The lowest BCUT2D eigenvalue weighted by atomic mass is 9.99. The molecule has 0 aromatic heterocycles. The highest BCUT2D eigenvalue weighted by Gasteiger charge is 2.16. The minimum absolute atomic E-state index is 0.0714. The number of rotatable bonds is 1. The van der Waals surface area contributed by atoms with Crippen molar-refractivity contribution in [2.45, 2.75) is 6.92 Å². The normalized spacial score (nSPS) is 10.6. The molecule has 0 fully saturated rings. The van der Waals surface area contributed by atoms with Crippen LogP contribution < -0.4 is 0 Å². The Labute approximate surface area is 106 Å². The molecule has 0 spiro atoms. The van der Waals surface area contributed by atoms with E-state index in [2.05, 4.69) is 15.9 Å². The third kappa shape index (κ3) is 2.17. The van der Waals surface area contributed by atoms with Crippen molar-refractivity contribution in [1.82, 2.24) is 0 Å². The molecular formula is C13H9BrF2O. The van der Waals surface area contributed by atoms with E-state index in [0.717, 1.165) is 0 Å². The number of aryl methyl sites for hydroxylation is 1. The summed E-state index contributed by atoms with van der Waals surface area (Å²) in [6, 6.07) is 6.90. The maximum Gasteiger partial charge on any atom is 0.148 e. The minimum Gasteiger partial charge on any atom is -0.508 e. The fourth-order valence-corrected chi connectivity index (χ4v) is 2.03. The summed E-state index contributed by atoms with van der Waals surface area (Å²) in [5, 5.41) is 9.28. The molecule has 0 amide bonds. The topological polar surface area (TPSA) is 20.2 Å². The fraction of sp³-hybridized carbons (Fsp3) is 0.0769. The number of hydrogen-bond acceptors (Lipinski definition) is 1. The Morgan fingerprint density at radius 1 is 1.12 bits per heavy atom. The van der Waals surface area contributed by atoms with Gasteiger partial charge in [0.15, 0.2) is 0 Å². The number of phenols is 1. The van der Waals surface area contributed by atoms with E-state index >= 15 is 0 Å². The zero-order valence-corrected chi connectivity index (χ0v) is 10.6. The van der Waals surface area contributed by atoms with Gasteiger partial charge in [-0.15, -0.1) is 0 Å². The van der Waals surface area contributed by atoms with E-state index in [4.69, 9.17) is 0 Å². The number of benzene rings is 2. The number of aromatic hydroxyl groups is 1. The van der Waals surface area contributed by atoms with Crippen molar-refractivity contribution in [3.8, 4) is 16.9 Å². The van der Waals surface area contributed by atoms with Gasteiger partial charge in [-0.25, -0.2) is 8.78 Å². The number of halogens is 3. The second-order valence-corrected chi connectivity index (χ2v) is 4.57. The summed E-state index contributed by atoms with van der Waals surface area (Å²) in [5.41, 5.74) is 0.955. The van der Waals surface area contributed by atoms with Crippen LogP contribution in [0.4, 0.5) is 8.78 Å². The minimum atomic E-state index is -0.640. The van der Waals surface area contributed by atoms with Crippen LogP contribution >= 0.6 is 15.9 Å². The van der Waals surface area contributed by atoms with Gasteiger partial charge in [0.1, 0.15) is 17.4 Å². The maximum absolute atomic E-state index is 13.9. The standard InChI is InChI=1S/C13H9BrF2O/c1-7-6-8(17)2-3-9(7)12-11(15)5-4-10(14)13(12)16/h2-6,17H,1H3. The number of hydrogen-bond donors (Lipinski definition) is 1. The Kier molecular flexibility index (Phi) is 3.15. The monoisotopic (exact) mass is 298 g/mol. The summed E-state index contributed by atoms with van der Waals surface area (Å²) in [6.45, 7) is 1.69. The van der Waals surface area contributed by atoms with Crippen molar-refractivity contribution < 1.29 is 13.9 Å². The van der Waals surface area contributed by atoms with E-state index in [0.29, 0.717) is 11.1 Å². The smallest absolute Gasteiger partial charge is 0.148 e. The zero-order valence-electron chi connectivity index (χ0n) is 8.97. The second-order valence-electron chi connectivity index (χ2n) is 3.72. The number of phenolic OH excluding ortho intramolecular Hbond substituents is 1. The highest BCUT2D eigenvalue weighted by Crippen LogP contribution is 2.33. The first kappa shape index (κ1) is 12.0. The average Bonchev–Trinajstić information content (AvgIpc) is 2.27. The van der Waals surface area contributed by atoms with Crippen LogP contribution in [0.2, 0.25) is 0 Å². The molecule has 4 heteroatoms. The molecule has 0 saturated heterocycles. The Bertz CT molecular complexity index is 582. The third-order valence-corrected chi connectivity index (χ3v) is 3.14. The molecule has 88 valence electrons. The predicted molar refractivity (Wildman–Crippen MR) is 65.9 cm³/mol. The molecule has 0 radical (unpaired) electrons. The Morgan fingerprint density at radius 3 is 2.47 bits per heavy atom. The largest absolute Gasteiger partial charge is 0.508 e. The van der Waals surface area contributed by atoms with Crippen LogP contribution in [0.15, 0.2) is 34.8 Å². The third-order valence-electron chi connectivity index (χ3n) is 2.52. The van der Waals surface area contributed by atoms with Crippen molar-refractivity contribution >= 4 is 15.9 Å². The second kappa shape index (κ2) is 4.45. The highest BCUT2D eigenvalue weighted by molar-refractivity contribution is 9.10. The van der Waals surface area contributed by atoms with E-state index in [1.807, 2.05) is 0 Å². The molecule has 0 bridgehead atoms. The summed E-state index contributed by atoms with van der Waals surface area (Å²) in [4.78, 5) is 0. The molecule has 1 N–H and O–H groups in total. The van der Waals surface area contributed by atoms with Crippen LogP contribution in [0, 0.1) is 18.6 Å². The quantitative estimate of drug-likeness (QED) is 0.773. The summed E-state index contributed by atoms with van der Waals surface area (Å²) >= 11 is 3.03. The van der Waals surface area contributed by atoms with Crippen molar-refractivity contribution in [1.29, 1.82) is 0 Å². The van der Waals surface area contributed by atoms with Crippen LogP contribution in [0.1, 0.15) is 5.56 Å². The van der Waals surface area contributed by atoms with Crippen LogP contribution in [0.5, 0.6) is 5.75 Å². The van der Waals surface area contributed by atoms with Gasteiger partial charge in [0.2, 0.25) is 0 Å². The van der Waals surface area contributed by atoms with E-state index in [9.17, 15) is 13.9 Å². The van der Waals surface area contributed by atoms with Crippen molar-refractivity contribution in [3.05, 3.63) is 52.0 Å². The fourth-order valence-electron chi connectivity index (χ4n) is 1.70. The molecule has 0 aliphatic heterocycles. The van der Waals surface area contributed by atoms with Gasteiger partial charge < -0.3 is 5.11 Å². The Balaban J connectivity index is 2.72. The summed E-state index contributed by atoms with van der Waals surface area (Å²) in [6.07, 6.45) is 0.